The lowest BCUT2D eigenvalue weighted by Crippen LogP contribution is -1.96. The molecule has 2 rings (SSSR count). The van der Waals surface area contributed by atoms with Gasteiger partial charge >= 0.3 is 0 Å². The molecule has 0 unspecified atom stereocenters. The zero-order chi connectivity index (χ0) is 16.7. The fourth-order valence-corrected chi connectivity index (χ4v) is 2.30. The van der Waals surface area contributed by atoms with Gasteiger partial charge in [0.25, 0.3) is 0 Å². The van der Waals surface area contributed by atoms with Gasteiger partial charge in [0.2, 0.25) is 0 Å². The molecule has 0 aromatic heterocycles. The Labute approximate surface area is 149 Å². The molecular weight excluding hydrogens is 403 g/mol. The van der Waals surface area contributed by atoms with Crippen molar-refractivity contribution in [3.05, 3.63) is 75.9 Å². The molecule has 0 amide bonds. The monoisotopic (exact) mass is 420 g/mol. The zero-order valence-electron chi connectivity index (χ0n) is 12.8. The van der Waals surface area contributed by atoms with Crippen molar-refractivity contribution < 1.29 is 14.3 Å². The highest BCUT2D eigenvalue weighted by atomic mass is 127. The number of carbonyl (C=O) groups is 1. The molecule has 0 aliphatic heterocycles. The predicted octanol–water partition coefficient (Wildman–Crippen LogP) is 4.76. The number of hydrogen-bond acceptors (Lipinski definition) is 3. The molecule has 0 aliphatic carbocycles. The standard InChI is InChI=1S/C19H17IO3/c1-3-12-23-18-11-5-14(13-19(18)22-2)4-10-17(21)15-6-8-16(20)9-7-15/h3-11,13H,1,12H2,2H3/b10-4+. The van der Waals surface area contributed by atoms with Crippen LogP contribution in [0.2, 0.25) is 0 Å². The molecular formula is C19H17IO3. The molecule has 2 aromatic carbocycles. The minimum Gasteiger partial charge on any atom is -0.493 e. The quantitative estimate of drug-likeness (QED) is 0.281. The molecule has 0 saturated carbocycles. The SMILES string of the molecule is C=CCOc1ccc(/C=C/C(=O)c2ccc(I)cc2)cc1OC. The van der Waals surface area contributed by atoms with Gasteiger partial charge in [0.15, 0.2) is 17.3 Å². The van der Waals surface area contributed by atoms with Crippen LogP contribution in [0.3, 0.4) is 0 Å². The van der Waals surface area contributed by atoms with Crippen molar-refractivity contribution in [3.8, 4) is 11.5 Å². The van der Waals surface area contributed by atoms with E-state index in [0.717, 1.165) is 9.13 Å². The summed E-state index contributed by atoms with van der Waals surface area (Å²) in [5.74, 6) is 1.23. The fourth-order valence-electron chi connectivity index (χ4n) is 1.94. The number of rotatable bonds is 7. The van der Waals surface area contributed by atoms with Gasteiger partial charge in [-0.1, -0.05) is 36.9 Å². The van der Waals surface area contributed by atoms with E-state index in [9.17, 15) is 4.79 Å². The van der Waals surface area contributed by atoms with Crippen molar-refractivity contribution in [1.82, 2.24) is 0 Å². The summed E-state index contributed by atoms with van der Waals surface area (Å²) in [5, 5.41) is 0. The number of halogens is 1. The minimum atomic E-state index is -0.0349. The summed E-state index contributed by atoms with van der Waals surface area (Å²) in [4.78, 5) is 12.1. The van der Waals surface area contributed by atoms with E-state index >= 15 is 0 Å². The normalized spacial score (nSPS) is 10.5. The Bertz CT molecular complexity index is 718. The van der Waals surface area contributed by atoms with Gasteiger partial charge in [-0.05, 0) is 58.5 Å². The third-order valence-electron chi connectivity index (χ3n) is 3.10. The van der Waals surface area contributed by atoms with E-state index in [4.69, 9.17) is 9.47 Å². The minimum absolute atomic E-state index is 0.0349. The first kappa shape index (κ1) is 17.3. The number of ether oxygens (including phenoxy) is 2. The van der Waals surface area contributed by atoms with Gasteiger partial charge in [-0.3, -0.25) is 4.79 Å². The Morgan fingerprint density at radius 2 is 1.91 bits per heavy atom. The van der Waals surface area contributed by atoms with Crippen LogP contribution in [0.25, 0.3) is 6.08 Å². The Morgan fingerprint density at radius 3 is 2.57 bits per heavy atom. The number of hydrogen-bond donors (Lipinski definition) is 0. The molecule has 0 bridgehead atoms. The lowest BCUT2D eigenvalue weighted by atomic mass is 10.1. The largest absolute Gasteiger partial charge is 0.493 e. The molecule has 0 saturated heterocycles. The summed E-state index contributed by atoms with van der Waals surface area (Å²) in [6.45, 7) is 4.03. The number of allylic oxidation sites excluding steroid dienone is 1. The van der Waals surface area contributed by atoms with Crippen LogP contribution in [0.5, 0.6) is 11.5 Å². The van der Waals surface area contributed by atoms with Crippen molar-refractivity contribution in [2.75, 3.05) is 13.7 Å². The van der Waals surface area contributed by atoms with Crippen LogP contribution in [-0.4, -0.2) is 19.5 Å². The van der Waals surface area contributed by atoms with Crippen molar-refractivity contribution in [2.24, 2.45) is 0 Å². The summed E-state index contributed by atoms with van der Waals surface area (Å²) >= 11 is 2.21. The number of carbonyl (C=O) groups excluding carboxylic acids is 1. The van der Waals surface area contributed by atoms with Crippen LogP contribution in [0, 0.1) is 3.57 Å². The highest BCUT2D eigenvalue weighted by molar-refractivity contribution is 14.1. The molecule has 0 atom stereocenters. The summed E-state index contributed by atoms with van der Waals surface area (Å²) in [6, 6.07) is 13.0. The molecule has 0 radical (unpaired) electrons. The van der Waals surface area contributed by atoms with Crippen molar-refractivity contribution in [2.45, 2.75) is 0 Å². The third-order valence-corrected chi connectivity index (χ3v) is 3.82. The van der Waals surface area contributed by atoms with Crippen LogP contribution >= 0.6 is 22.6 Å². The van der Waals surface area contributed by atoms with Crippen LogP contribution < -0.4 is 9.47 Å². The maximum Gasteiger partial charge on any atom is 0.185 e. The molecule has 2 aromatic rings. The Hall–Kier alpha value is -2.08. The molecule has 0 spiro atoms. The van der Waals surface area contributed by atoms with Gasteiger partial charge in [0.1, 0.15) is 6.61 Å². The third kappa shape index (κ3) is 4.96. The topological polar surface area (TPSA) is 35.5 Å². The first-order valence-corrected chi connectivity index (χ1v) is 8.11. The molecule has 3 nitrogen and oxygen atoms in total. The lowest BCUT2D eigenvalue weighted by Gasteiger charge is -2.09. The Morgan fingerprint density at radius 1 is 1.17 bits per heavy atom. The van der Waals surface area contributed by atoms with Gasteiger partial charge in [-0.2, -0.15) is 0 Å². The van der Waals surface area contributed by atoms with Gasteiger partial charge < -0.3 is 9.47 Å². The van der Waals surface area contributed by atoms with E-state index in [0.29, 0.717) is 23.7 Å². The number of methoxy groups -OCH3 is 1. The van der Waals surface area contributed by atoms with Crippen molar-refractivity contribution >= 4 is 34.5 Å². The maximum absolute atomic E-state index is 12.1. The molecule has 23 heavy (non-hydrogen) atoms. The van der Waals surface area contributed by atoms with Gasteiger partial charge in [0, 0.05) is 9.13 Å². The number of ketones is 1. The van der Waals surface area contributed by atoms with Gasteiger partial charge in [-0.15, -0.1) is 0 Å². The average Bonchev–Trinajstić information content (AvgIpc) is 2.58. The summed E-state index contributed by atoms with van der Waals surface area (Å²) < 4.78 is 11.9. The average molecular weight is 420 g/mol. The van der Waals surface area contributed by atoms with E-state index in [1.165, 1.54) is 0 Å². The zero-order valence-corrected chi connectivity index (χ0v) is 14.9. The van der Waals surface area contributed by atoms with E-state index in [2.05, 4.69) is 29.2 Å². The predicted molar refractivity (Wildman–Crippen MR) is 101 cm³/mol. The molecule has 0 heterocycles. The summed E-state index contributed by atoms with van der Waals surface area (Å²) in [7, 11) is 1.58. The second-order valence-corrected chi connectivity index (χ2v) is 5.96. The molecule has 0 aliphatic rings. The van der Waals surface area contributed by atoms with E-state index in [1.807, 2.05) is 42.5 Å². The first-order valence-electron chi connectivity index (χ1n) is 7.03. The van der Waals surface area contributed by atoms with E-state index < -0.39 is 0 Å². The molecule has 0 N–H and O–H groups in total. The summed E-state index contributed by atoms with van der Waals surface area (Å²) in [5.41, 5.74) is 1.53. The molecule has 0 fully saturated rings. The second-order valence-electron chi connectivity index (χ2n) is 4.71. The van der Waals surface area contributed by atoms with Gasteiger partial charge in [0.05, 0.1) is 7.11 Å². The highest BCUT2D eigenvalue weighted by Gasteiger charge is 2.05. The second kappa shape index (κ2) is 8.53. The maximum atomic E-state index is 12.1. The van der Waals surface area contributed by atoms with Crippen molar-refractivity contribution in [3.63, 3.8) is 0 Å². The van der Waals surface area contributed by atoms with Crippen LogP contribution in [0.1, 0.15) is 15.9 Å². The Kier molecular flexibility index (Phi) is 6.40. The highest BCUT2D eigenvalue weighted by Crippen LogP contribution is 2.28. The van der Waals surface area contributed by atoms with E-state index in [-0.39, 0.29) is 5.78 Å². The van der Waals surface area contributed by atoms with Crippen molar-refractivity contribution in [1.29, 1.82) is 0 Å². The van der Waals surface area contributed by atoms with E-state index in [1.54, 1.807) is 25.3 Å². The molecule has 118 valence electrons. The Balaban J connectivity index is 2.14. The number of benzene rings is 2. The van der Waals surface area contributed by atoms with Crippen LogP contribution in [0.4, 0.5) is 0 Å². The van der Waals surface area contributed by atoms with Crippen LogP contribution in [-0.2, 0) is 0 Å². The van der Waals surface area contributed by atoms with Gasteiger partial charge in [-0.25, -0.2) is 0 Å². The lowest BCUT2D eigenvalue weighted by molar-refractivity contribution is 0.104. The molecule has 4 heteroatoms. The smallest absolute Gasteiger partial charge is 0.185 e. The fraction of sp³-hybridized carbons (Fsp3) is 0.105. The van der Waals surface area contributed by atoms with Crippen LogP contribution in [0.15, 0.2) is 61.2 Å². The summed E-state index contributed by atoms with van der Waals surface area (Å²) in [6.07, 6.45) is 4.99. The first-order chi connectivity index (χ1) is 11.1.